The van der Waals surface area contributed by atoms with Crippen LogP contribution in [0, 0.1) is 0 Å². The van der Waals surface area contributed by atoms with Crippen LogP contribution in [0.5, 0.6) is 0 Å². The Morgan fingerprint density at radius 3 is 1.00 bits per heavy atom. The maximum absolute atomic E-state index is 2.27. The molecule has 26 valence electrons. The van der Waals surface area contributed by atoms with Gasteiger partial charge in [-0.25, -0.2) is 0 Å². The third-order valence-corrected chi connectivity index (χ3v) is 0. The SMILES string of the molecule is C[Si](C)C.[K]. The average molecular weight is 112 g/mol. The molecule has 0 saturated carbocycles. The molecule has 2 radical (unpaired) electrons. The van der Waals surface area contributed by atoms with Crippen molar-refractivity contribution in [1.29, 1.82) is 0 Å². The first-order valence-corrected chi connectivity index (χ1v) is 4.50. The quantitative estimate of drug-likeness (QED) is 0.410. The van der Waals surface area contributed by atoms with Crippen LogP contribution in [0.2, 0.25) is 19.6 Å². The van der Waals surface area contributed by atoms with Crippen LogP contribution in [-0.4, -0.2) is 60.2 Å². The minimum Gasteiger partial charge on any atom is -0.0715 e. The molecule has 0 aromatic carbocycles. The zero-order chi connectivity index (χ0) is 3.58. The second-order valence-corrected chi connectivity index (χ2v) is 4.50. The van der Waals surface area contributed by atoms with E-state index in [-0.39, 0.29) is 60.2 Å². The second-order valence-electron chi connectivity index (χ2n) is 1.50. The van der Waals surface area contributed by atoms with Crippen LogP contribution in [0.4, 0.5) is 0 Å². The summed E-state index contributed by atoms with van der Waals surface area (Å²) >= 11 is 0. The van der Waals surface area contributed by atoms with Crippen LogP contribution < -0.4 is 0 Å². The third-order valence-electron chi connectivity index (χ3n) is 0. The Kier molecular flexibility index (Phi) is 11.7. The van der Waals surface area contributed by atoms with Gasteiger partial charge in [0.15, 0.2) is 0 Å². The fraction of sp³-hybridized carbons (Fsp3) is 1.00. The van der Waals surface area contributed by atoms with E-state index < -0.39 is 0 Å². The van der Waals surface area contributed by atoms with Crippen LogP contribution in [0.15, 0.2) is 0 Å². The maximum atomic E-state index is 2.27. The van der Waals surface area contributed by atoms with Crippen molar-refractivity contribution in [3.63, 3.8) is 0 Å². The molecule has 2 heteroatoms. The van der Waals surface area contributed by atoms with Gasteiger partial charge in [0, 0.05) is 60.2 Å². The van der Waals surface area contributed by atoms with Crippen LogP contribution in [0.1, 0.15) is 0 Å². The molecule has 0 rings (SSSR count). The van der Waals surface area contributed by atoms with Gasteiger partial charge in [-0.15, -0.1) is 0 Å². The molecule has 0 spiro atoms. The summed E-state index contributed by atoms with van der Waals surface area (Å²) in [7, 11) is 0.120. The molecular formula is C3H9KSi. The Hall–Kier alpha value is 1.85. The van der Waals surface area contributed by atoms with Crippen molar-refractivity contribution >= 4 is 60.2 Å². The first-order chi connectivity index (χ1) is 1.73. The van der Waals surface area contributed by atoms with Gasteiger partial charge in [-0.3, -0.25) is 0 Å². The smallest absolute Gasteiger partial charge is 0.0379 e. The van der Waals surface area contributed by atoms with Gasteiger partial charge in [0.2, 0.25) is 0 Å². The number of hydrogen-bond acceptors (Lipinski definition) is 0. The first-order valence-electron chi connectivity index (χ1n) is 1.50. The van der Waals surface area contributed by atoms with E-state index in [0.717, 1.165) is 0 Å². The summed E-state index contributed by atoms with van der Waals surface area (Å²) in [6, 6.07) is 0. The maximum Gasteiger partial charge on any atom is 0.0379 e. The Balaban J connectivity index is 0. The Morgan fingerprint density at radius 1 is 1.00 bits per heavy atom. The van der Waals surface area contributed by atoms with Crippen molar-refractivity contribution < 1.29 is 0 Å². The molecule has 0 aliphatic rings. The van der Waals surface area contributed by atoms with Gasteiger partial charge in [0.05, 0.1) is 0 Å². The predicted molar refractivity (Wildman–Crippen MR) is 29.1 cm³/mol. The second kappa shape index (κ2) is 5.85. The fourth-order valence-corrected chi connectivity index (χ4v) is 0. The summed E-state index contributed by atoms with van der Waals surface area (Å²) in [5.41, 5.74) is 0. The Labute approximate surface area is 78.4 Å². The minimum absolute atomic E-state index is 0. The van der Waals surface area contributed by atoms with Crippen molar-refractivity contribution in [2.24, 2.45) is 0 Å². The van der Waals surface area contributed by atoms with Gasteiger partial charge < -0.3 is 0 Å². The van der Waals surface area contributed by atoms with Gasteiger partial charge >= 0.3 is 0 Å². The van der Waals surface area contributed by atoms with E-state index in [0.29, 0.717) is 0 Å². The first kappa shape index (κ1) is 9.97. The molecule has 0 amide bonds. The van der Waals surface area contributed by atoms with E-state index in [1.165, 1.54) is 0 Å². The zero-order valence-electron chi connectivity index (χ0n) is 4.50. The Morgan fingerprint density at radius 2 is 1.00 bits per heavy atom. The standard InChI is InChI=1S/C3H9Si.K/c1-4(2)3;/h1-3H3;. The van der Waals surface area contributed by atoms with E-state index in [9.17, 15) is 0 Å². The van der Waals surface area contributed by atoms with E-state index >= 15 is 0 Å². The predicted octanol–water partition coefficient (Wildman–Crippen LogP) is 0.990. The monoisotopic (exact) mass is 112 g/mol. The molecule has 0 atom stereocenters. The minimum atomic E-state index is 0. The van der Waals surface area contributed by atoms with E-state index in [1.54, 1.807) is 0 Å². The van der Waals surface area contributed by atoms with Crippen LogP contribution >= 0.6 is 0 Å². The van der Waals surface area contributed by atoms with Crippen molar-refractivity contribution in [3.8, 4) is 0 Å². The molecule has 0 unspecified atom stereocenters. The van der Waals surface area contributed by atoms with Gasteiger partial charge in [0.1, 0.15) is 0 Å². The molecule has 0 heterocycles. The van der Waals surface area contributed by atoms with Crippen molar-refractivity contribution in [1.82, 2.24) is 0 Å². The number of hydrogen-bond donors (Lipinski definition) is 0. The van der Waals surface area contributed by atoms with E-state index in [1.807, 2.05) is 0 Å². The molecule has 0 saturated heterocycles. The van der Waals surface area contributed by atoms with Gasteiger partial charge in [-0.1, -0.05) is 19.6 Å². The summed E-state index contributed by atoms with van der Waals surface area (Å²) in [5, 5.41) is 0. The van der Waals surface area contributed by atoms with Crippen molar-refractivity contribution in [2.45, 2.75) is 19.6 Å². The molecular weight excluding hydrogens is 103 g/mol. The van der Waals surface area contributed by atoms with Crippen LogP contribution in [0.3, 0.4) is 0 Å². The topological polar surface area (TPSA) is 0 Å². The largest absolute Gasteiger partial charge is 0.0715 e. The normalized spacial score (nSPS) is 7.20. The molecule has 5 heavy (non-hydrogen) atoms. The van der Waals surface area contributed by atoms with Crippen molar-refractivity contribution in [2.75, 3.05) is 0 Å². The van der Waals surface area contributed by atoms with Crippen molar-refractivity contribution in [3.05, 3.63) is 0 Å². The third kappa shape index (κ3) is 25.3. The van der Waals surface area contributed by atoms with E-state index in [2.05, 4.69) is 19.6 Å². The van der Waals surface area contributed by atoms with Crippen LogP contribution in [-0.2, 0) is 0 Å². The fourth-order valence-electron chi connectivity index (χ4n) is 0. The average Bonchev–Trinajstić information content (AvgIpc) is 0.811. The molecule has 0 aliphatic carbocycles. The summed E-state index contributed by atoms with van der Waals surface area (Å²) in [6.07, 6.45) is 0. The van der Waals surface area contributed by atoms with Crippen LogP contribution in [0.25, 0.3) is 0 Å². The van der Waals surface area contributed by atoms with E-state index in [4.69, 9.17) is 0 Å². The zero-order valence-corrected chi connectivity index (χ0v) is 8.62. The summed E-state index contributed by atoms with van der Waals surface area (Å²) in [6.45, 7) is 6.81. The summed E-state index contributed by atoms with van der Waals surface area (Å²) < 4.78 is 0. The van der Waals surface area contributed by atoms with Gasteiger partial charge in [-0.2, -0.15) is 0 Å². The summed E-state index contributed by atoms with van der Waals surface area (Å²) in [4.78, 5) is 0. The van der Waals surface area contributed by atoms with Gasteiger partial charge in [-0.05, 0) is 0 Å². The molecule has 0 aromatic rings. The number of rotatable bonds is 0. The van der Waals surface area contributed by atoms with Gasteiger partial charge in [0.25, 0.3) is 0 Å². The summed E-state index contributed by atoms with van der Waals surface area (Å²) in [5.74, 6) is 0. The molecule has 0 bridgehead atoms. The molecule has 0 N–H and O–H groups in total. The molecule has 0 aliphatic heterocycles. The molecule has 0 fully saturated rings. The Bertz CT molecular complexity index is 11.6. The molecule has 0 nitrogen and oxygen atoms in total. The molecule has 0 aromatic heterocycles.